The molecule has 1 aromatic carbocycles. The van der Waals surface area contributed by atoms with Gasteiger partial charge in [-0.3, -0.25) is 9.59 Å². The molecule has 29 heavy (non-hydrogen) atoms. The molecular formula is C23H30N2O4. The van der Waals surface area contributed by atoms with Crippen molar-refractivity contribution < 1.29 is 19.1 Å². The average Bonchev–Trinajstić information content (AvgIpc) is 2.67. The lowest BCUT2D eigenvalue weighted by molar-refractivity contribution is -0.158. The number of carbonyl (C=O) groups excluding carboxylic acids is 3. The fourth-order valence-corrected chi connectivity index (χ4v) is 5.89. The zero-order valence-corrected chi connectivity index (χ0v) is 17.1. The van der Waals surface area contributed by atoms with Gasteiger partial charge in [0.2, 0.25) is 5.91 Å². The highest BCUT2D eigenvalue weighted by Crippen LogP contribution is 2.60. The van der Waals surface area contributed by atoms with Gasteiger partial charge in [-0.05, 0) is 82.3 Å². The van der Waals surface area contributed by atoms with Crippen molar-refractivity contribution in [2.45, 2.75) is 64.5 Å². The quantitative estimate of drug-likeness (QED) is 0.720. The molecule has 0 heterocycles. The van der Waals surface area contributed by atoms with E-state index in [0.717, 1.165) is 19.3 Å². The molecule has 4 bridgehead atoms. The van der Waals surface area contributed by atoms with Crippen molar-refractivity contribution >= 4 is 23.5 Å². The number of hydrogen-bond acceptors (Lipinski definition) is 4. The molecule has 4 aliphatic carbocycles. The summed E-state index contributed by atoms with van der Waals surface area (Å²) in [5.41, 5.74) is 0.336. The topological polar surface area (TPSA) is 84.5 Å². The number of amides is 2. The van der Waals surface area contributed by atoms with Crippen molar-refractivity contribution in [3.8, 4) is 0 Å². The number of anilines is 1. The summed E-state index contributed by atoms with van der Waals surface area (Å²) in [6, 6.07) is 8.24. The minimum absolute atomic E-state index is 0.0116. The van der Waals surface area contributed by atoms with E-state index in [1.54, 1.807) is 19.1 Å². The van der Waals surface area contributed by atoms with Gasteiger partial charge in [0, 0.05) is 11.1 Å². The predicted molar refractivity (Wildman–Crippen MR) is 109 cm³/mol. The van der Waals surface area contributed by atoms with Gasteiger partial charge in [-0.25, -0.2) is 4.79 Å². The molecule has 4 fully saturated rings. The van der Waals surface area contributed by atoms with E-state index in [9.17, 15) is 14.4 Å². The van der Waals surface area contributed by atoms with E-state index in [4.69, 9.17) is 4.74 Å². The fraction of sp³-hybridized carbons (Fsp3) is 0.609. The van der Waals surface area contributed by atoms with Gasteiger partial charge in [0.25, 0.3) is 5.91 Å². The molecule has 0 radical (unpaired) electrons. The van der Waals surface area contributed by atoms with Crippen LogP contribution in [0.3, 0.4) is 0 Å². The van der Waals surface area contributed by atoms with Gasteiger partial charge in [0.1, 0.15) is 6.04 Å². The number of hydrogen-bond donors (Lipinski definition) is 2. The monoisotopic (exact) mass is 398 g/mol. The molecule has 5 rings (SSSR count). The standard InChI is InChI=1S/C23H30N2O4/c1-14(21(27)29-15(2)20(26)25-19-6-4-3-5-7-19)24-22(28)23-11-16-8-17(12-23)10-18(9-16)13-23/h3-7,14-18H,8-13H2,1-2H3,(H,24,28)(H,25,26)/t14-,15-,16?,17?,18?,23?/m0/s1. The first kappa shape index (κ1) is 19.9. The van der Waals surface area contributed by atoms with Crippen molar-refractivity contribution in [3.63, 3.8) is 0 Å². The molecule has 0 saturated heterocycles. The normalized spacial score (nSPS) is 31.6. The molecule has 0 aliphatic heterocycles. The van der Waals surface area contributed by atoms with E-state index in [1.807, 2.05) is 18.2 Å². The lowest BCUT2D eigenvalue weighted by atomic mass is 9.49. The second-order valence-electron chi connectivity index (χ2n) is 9.33. The lowest BCUT2D eigenvalue weighted by Crippen LogP contribution is -2.56. The minimum atomic E-state index is -0.943. The molecule has 0 spiro atoms. The third-order valence-electron chi connectivity index (χ3n) is 6.92. The Balaban J connectivity index is 1.30. The number of esters is 1. The summed E-state index contributed by atoms with van der Waals surface area (Å²) < 4.78 is 5.30. The zero-order valence-electron chi connectivity index (χ0n) is 17.1. The van der Waals surface area contributed by atoms with Crippen LogP contribution in [-0.4, -0.2) is 29.9 Å². The van der Waals surface area contributed by atoms with E-state index in [-0.39, 0.29) is 11.3 Å². The molecule has 2 atom stereocenters. The van der Waals surface area contributed by atoms with Crippen LogP contribution in [0.25, 0.3) is 0 Å². The highest BCUT2D eigenvalue weighted by molar-refractivity contribution is 5.95. The fourth-order valence-electron chi connectivity index (χ4n) is 5.89. The second kappa shape index (κ2) is 7.81. The summed E-state index contributed by atoms with van der Waals surface area (Å²) >= 11 is 0. The number of rotatable bonds is 6. The number of benzene rings is 1. The first-order chi connectivity index (χ1) is 13.8. The minimum Gasteiger partial charge on any atom is -0.451 e. The Morgan fingerprint density at radius 1 is 0.966 bits per heavy atom. The molecular weight excluding hydrogens is 368 g/mol. The first-order valence-corrected chi connectivity index (χ1v) is 10.7. The average molecular weight is 399 g/mol. The third kappa shape index (κ3) is 4.16. The van der Waals surface area contributed by atoms with Gasteiger partial charge < -0.3 is 15.4 Å². The molecule has 156 valence electrons. The highest BCUT2D eigenvalue weighted by atomic mass is 16.5. The highest BCUT2D eigenvalue weighted by Gasteiger charge is 2.54. The van der Waals surface area contributed by atoms with Crippen LogP contribution in [0.2, 0.25) is 0 Å². The largest absolute Gasteiger partial charge is 0.451 e. The molecule has 2 amide bonds. The van der Waals surface area contributed by atoms with E-state index in [2.05, 4.69) is 10.6 Å². The Bertz CT molecular complexity index is 756. The van der Waals surface area contributed by atoms with Gasteiger partial charge >= 0.3 is 5.97 Å². The summed E-state index contributed by atoms with van der Waals surface area (Å²) in [4.78, 5) is 37.8. The summed E-state index contributed by atoms with van der Waals surface area (Å²) in [7, 11) is 0. The molecule has 0 aromatic heterocycles. The molecule has 0 unspecified atom stereocenters. The van der Waals surface area contributed by atoms with Crippen molar-refractivity contribution in [2.24, 2.45) is 23.2 Å². The summed E-state index contributed by atoms with van der Waals surface area (Å²) in [6.07, 6.45) is 5.68. The lowest BCUT2D eigenvalue weighted by Gasteiger charge is -2.55. The molecule has 4 saturated carbocycles. The molecule has 6 heteroatoms. The van der Waals surface area contributed by atoms with Crippen LogP contribution in [0.4, 0.5) is 5.69 Å². The first-order valence-electron chi connectivity index (χ1n) is 10.7. The summed E-state index contributed by atoms with van der Waals surface area (Å²) in [5, 5.41) is 5.60. The summed E-state index contributed by atoms with van der Waals surface area (Å²) in [6.45, 7) is 3.16. The van der Waals surface area contributed by atoms with E-state index >= 15 is 0 Å². The van der Waals surface area contributed by atoms with Crippen LogP contribution in [0.1, 0.15) is 52.4 Å². The zero-order chi connectivity index (χ0) is 20.6. The maximum Gasteiger partial charge on any atom is 0.329 e. The van der Waals surface area contributed by atoms with Crippen molar-refractivity contribution in [1.29, 1.82) is 0 Å². The van der Waals surface area contributed by atoms with Crippen LogP contribution in [-0.2, 0) is 19.1 Å². The molecule has 2 N–H and O–H groups in total. The van der Waals surface area contributed by atoms with Gasteiger partial charge in [-0.2, -0.15) is 0 Å². The Hall–Kier alpha value is -2.37. The second-order valence-corrected chi connectivity index (χ2v) is 9.33. The van der Waals surface area contributed by atoms with Crippen LogP contribution in [0.5, 0.6) is 0 Å². The van der Waals surface area contributed by atoms with Gasteiger partial charge in [0.05, 0.1) is 0 Å². The van der Waals surface area contributed by atoms with Gasteiger partial charge in [0.15, 0.2) is 6.10 Å². The Morgan fingerprint density at radius 2 is 1.52 bits per heavy atom. The van der Waals surface area contributed by atoms with Crippen molar-refractivity contribution in [2.75, 3.05) is 5.32 Å². The predicted octanol–water partition coefficient (Wildman–Crippen LogP) is 3.28. The van der Waals surface area contributed by atoms with E-state index < -0.39 is 24.0 Å². The summed E-state index contributed by atoms with van der Waals surface area (Å²) in [5.74, 6) is 0.994. The molecule has 6 nitrogen and oxygen atoms in total. The van der Waals surface area contributed by atoms with Crippen LogP contribution in [0, 0.1) is 23.2 Å². The van der Waals surface area contributed by atoms with E-state index in [0.29, 0.717) is 23.4 Å². The number of ether oxygens (including phenoxy) is 1. The van der Waals surface area contributed by atoms with Crippen LogP contribution in [0.15, 0.2) is 30.3 Å². The van der Waals surface area contributed by atoms with Crippen molar-refractivity contribution in [3.05, 3.63) is 30.3 Å². The smallest absolute Gasteiger partial charge is 0.329 e. The maximum absolute atomic E-state index is 13.1. The number of nitrogens with one attached hydrogen (secondary N) is 2. The molecule has 1 aromatic rings. The molecule has 4 aliphatic rings. The van der Waals surface area contributed by atoms with E-state index in [1.165, 1.54) is 26.2 Å². The Labute approximate surface area is 171 Å². The van der Waals surface area contributed by atoms with Crippen LogP contribution >= 0.6 is 0 Å². The number of para-hydroxylation sites is 1. The van der Waals surface area contributed by atoms with Gasteiger partial charge in [-0.1, -0.05) is 18.2 Å². The SMILES string of the molecule is C[C@H](NC(=O)C12CC3CC(CC(C3)C1)C2)C(=O)O[C@@H](C)C(=O)Nc1ccccc1. The van der Waals surface area contributed by atoms with Gasteiger partial charge in [-0.15, -0.1) is 0 Å². The number of carbonyl (C=O) groups is 3. The van der Waals surface area contributed by atoms with Crippen molar-refractivity contribution in [1.82, 2.24) is 5.32 Å². The maximum atomic E-state index is 13.1. The van der Waals surface area contributed by atoms with Crippen LogP contribution < -0.4 is 10.6 Å². The Kier molecular flexibility index (Phi) is 5.36. The Morgan fingerprint density at radius 3 is 2.07 bits per heavy atom. The third-order valence-corrected chi connectivity index (χ3v) is 6.92.